The first kappa shape index (κ1) is 66.4. The fourth-order valence-electron chi connectivity index (χ4n) is 8.25. The van der Waals surface area contributed by atoms with Crippen molar-refractivity contribution in [2.45, 2.75) is 120 Å². The Balaban J connectivity index is 0.000000315. The van der Waals surface area contributed by atoms with Gasteiger partial charge in [-0.1, -0.05) is 67.1 Å². The van der Waals surface area contributed by atoms with Gasteiger partial charge in [0.25, 0.3) is 6.43 Å². The van der Waals surface area contributed by atoms with Gasteiger partial charge in [0.2, 0.25) is 17.7 Å². The summed E-state index contributed by atoms with van der Waals surface area (Å²) in [4.78, 5) is 64.9. The number of hydrogen-bond donors (Lipinski definition) is 3. The van der Waals surface area contributed by atoms with Crippen molar-refractivity contribution in [3.05, 3.63) is 106 Å². The van der Waals surface area contributed by atoms with E-state index in [0.29, 0.717) is 6.61 Å². The Kier molecular flexibility index (Phi) is 22.2. The van der Waals surface area contributed by atoms with Gasteiger partial charge in [-0.2, -0.15) is 0 Å². The number of halogens is 6. The maximum absolute atomic E-state index is 15.6. The molecule has 17 nitrogen and oxygen atoms in total. The molecule has 6 rings (SSSR count). The van der Waals surface area contributed by atoms with E-state index in [0.717, 1.165) is 64.9 Å². The SMILES string of the molecule is C#CCOc1cnc(/C(F)=C/c2ccc(F)c([C@]3(C)CC(C)(C(=O)O)SC(N(COCC[Si](C)(C)C)C(=O)OC(C)(C)C)=N3)c2)cn1.C#CCOc1cnc(/C(F)=C/c2ccc(F)c([C@]3(C)C[C@@](C)(C(=O)NCC(F)F)SC(N)=N3)c2)cn1. The molecule has 444 valence electrons. The Morgan fingerprint density at radius 2 is 1.30 bits per heavy atom. The summed E-state index contributed by atoms with van der Waals surface area (Å²) in [5, 5.41) is 12.5. The third kappa shape index (κ3) is 18.8. The van der Waals surface area contributed by atoms with Gasteiger partial charge in [0.15, 0.2) is 35.2 Å². The minimum atomic E-state index is -2.73. The average molecular weight is 1210 g/mol. The van der Waals surface area contributed by atoms with Crippen molar-refractivity contribution in [2.24, 2.45) is 15.7 Å². The van der Waals surface area contributed by atoms with Crippen molar-refractivity contribution >= 4 is 83.7 Å². The van der Waals surface area contributed by atoms with Crippen LogP contribution in [0.1, 0.15) is 94.9 Å². The topological polar surface area (TPSA) is 226 Å². The highest BCUT2D eigenvalue weighted by Gasteiger charge is 2.51. The number of carboxylic acid groups (broad SMARTS) is 1. The molecule has 1 unspecified atom stereocenters. The summed E-state index contributed by atoms with van der Waals surface area (Å²) < 4.78 is 105. The molecule has 0 bridgehead atoms. The number of ether oxygens (including phenoxy) is 4. The van der Waals surface area contributed by atoms with Crippen LogP contribution in [0, 0.1) is 36.3 Å². The van der Waals surface area contributed by atoms with E-state index in [1.54, 1.807) is 34.6 Å². The standard InChI is InChI=1S/C33H42F2N4O6SSi.C24H23F4N5O2S/c1-10-13-44-27-19-36-26(18-37-27)25(35)17-22-11-12-24(34)23(16-22)32(5)20-33(6,28(40)41)46-29(38-32)39(30(42)45-31(2,3)4)21-43-14-15-47(7,8)9;1-4-7-35-20-12-30-18(10-31-20)17(26)9-14-5-6-16(25)15(8-14)23(2)13-24(3,36-22(29)33-23)21(34)32-11-19(27)28/h1,11-12,16-19H,13-15,20-21H2,2-9H3,(H,40,41);1,5-6,8-10,12,19H,7,11,13H2,2-3H3,(H2,29,33)(H,32,34)/b25-17-;17-9-/t32-,33?;23-,24-/m00/s1. The molecule has 0 spiro atoms. The van der Waals surface area contributed by atoms with Gasteiger partial charge in [-0.05, 0) is 102 Å². The van der Waals surface area contributed by atoms with Crippen molar-refractivity contribution in [3.63, 3.8) is 0 Å². The number of rotatable bonds is 19. The fourth-order valence-corrected chi connectivity index (χ4v) is 11.6. The lowest BCUT2D eigenvalue weighted by molar-refractivity contribution is -0.140. The van der Waals surface area contributed by atoms with Crippen LogP contribution in [-0.2, 0) is 30.1 Å². The van der Waals surface area contributed by atoms with Gasteiger partial charge in [0.1, 0.15) is 44.8 Å². The number of carbonyl (C=O) groups excluding carboxylic acids is 2. The minimum absolute atomic E-state index is 0.000141. The Morgan fingerprint density at radius 3 is 1.73 bits per heavy atom. The molecule has 0 aliphatic carbocycles. The molecule has 83 heavy (non-hydrogen) atoms. The molecule has 4 atom stereocenters. The number of aliphatic imine (C=N–C) groups is 2. The number of amides is 2. The van der Waals surface area contributed by atoms with E-state index >= 15 is 8.78 Å². The van der Waals surface area contributed by atoms with E-state index in [2.05, 4.69) is 61.7 Å². The number of terminal acetylenes is 2. The smallest absolute Gasteiger partial charge is 0.418 e. The van der Waals surface area contributed by atoms with Crippen LogP contribution in [0.15, 0.2) is 71.2 Å². The number of amidine groups is 2. The molecule has 2 aliphatic heterocycles. The van der Waals surface area contributed by atoms with E-state index in [-0.39, 0.29) is 88.5 Å². The number of aliphatic carboxylic acids is 1. The predicted octanol–water partition coefficient (Wildman–Crippen LogP) is 11.1. The van der Waals surface area contributed by atoms with Crippen LogP contribution in [-0.4, -0.2) is 121 Å². The monoisotopic (exact) mass is 1210 g/mol. The minimum Gasteiger partial charge on any atom is -0.480 e. The normalized spacial score (nSPS) is 21.0. The van der Waals surface area contributed by atoms with Gasteiger partial charge in [-0.25, -0.2) is 56.0 Å². The summed E-state index contributed by atoms with van der Waals surface area (Å²) in [6.45, 7) is 17.1. The molecule has 0 saturated carbocycles. The average Bonchev–Trinajstić information content (AvgIpc) is 3.58. The second-order valence-electron chi connectivity index (χ2n) is 22.0. The number of thioether (sulfide) groups is 2. The van der Waals surface area contributed by atoms with Crippen LogP contribution >= 0.6 is 23.5 Å². The first-order valence-electron chi connectivity index (χ1n) is 25.5. The summed E-state index contributed by atoms with van der Waals surface area (Å²) in [6, 6.07) is 8.64. The van der Waals surface area contributed by atoms with Gasteiger partial charge in [0.05, 0.1) is 42.4 Å². The van der Waals surface area contributed by atoms with Gasteiger partial charge in [0, 0.05) is 38.6 Å². The fraction of sp³-hybridized carbons (Fsp3) is 0.421. The first-order valence-corrected chi connectivity index (χ1v) is 30.9. The summed E-state index contributed by atoms with van der Waals surface area (Å²) >= 11 is 1.77. The van der Waals surface area contributed by atoms with Crippen LogP contribution in [0.5, 0.6) is 11.8 Å². The summed E-state index contributed by atoms with van der Waals surface area (Å²) in [5.41, 5.74) is 2.71. The van der Waals surface area contributed by atoms with Crippen molar-refractivity contribution < 1.29 is 64.8 Å². The molecule has 2 aromatic carbocycles. The lowest BCUT2D eigenvalue weighted by Crippen LogP contribution is -2.51. The quantitative estimate of drug-likeness (QED) is 0.0261. The predicted molar refractivity (Wildman–Crippen MR) is 312 cm³/mol. The molecule has 26 heteroatoms. The number of aromatic nitrogens is 4. The number of nitrogens with one attached hydrogen (secondary N) is 1. The number of nitrogens with two attached hydrogens (primary N) is 1. The molecule has 4 N–H and O–H groups in total. The van der Waals surface area contributed by atoms with E-state index in [4.69, 9.17) is 42.5 Å². The van der Waals surface area contributed by atoms with Gasteiger partial charge < -0.3 is 35.1 Å². The highest BCUT2D eigenvalue weighted by molar-refractivity contribution is 8.15. The zero-order valence-electron chi connectivity index (χ0n) is 47.4. The molecule has 0 radical (unpaired) electrons. The highest BCUT2D eigenvalue weighted by atomic mass is 32.2. The zero-order chi connectivity index (χ0) is 61.7. The number of alkyl halides is 2. The van der Waals surface area contributed by atoms with E-state index < -0.39 is 88.5 Å². The molecular formula is C57H65F6N9O8S2Si. The van der Waals surface area contributed by atoms with Gasteiger partial charge in [-0.3, -0.25) is 19.6 Å². The third-order valence-electron chi connectivity index (χ3n) is 12.2. The van der Waals surface area contributed by atoms with Gasteiger partial charge >= 0.3 is 12.1 Å². The lowest BCUT2D eigenvalue weighted by atomic mass is 9.82. The molecule has 4 aromatic rings. The molecule has 4 heterocycles. The second-order valence-corrected chi connectivity index (χ2v) is 30.6. The molecular weight excluding hydrogens is 1140 g/mol. The number of hydrogen-bond acceptors (Lipinski definition) is 16. The van der Waals surface area contributed by atoms with Crippen LogP contribution < -0.4 is 20.5 Å². The summed E-state index contributed by atoms with van der Waals surface area (Å²) in [6.07, 6.45) is 13.6. The number of nitrogens with zero attached hydrogens (tertiary/aromatic N) is 7. The Morgan fingerprint density at radius 1 is 0.807 bits per heavy atom. The molecule has 0 saturated heterocycles. The summed E-state index contributed by atoms with van der Waals surface area (Å²) in [5.74, 6) is 0.147. The Hall–Kier alpha value is -7.39. The largest absolute Gasteiger partial charge is 0.480 e. The first-order chi connectivity index (χ1) is 38.7. The number of carboxylic acids is 1. The van der Waals surface area contributed by atoms with E-state index in [1.165, 1.54) is 56.7 Å². The van der Waals surface area contributed by atoms with E-state index in [1.807, 2.05) is 0 Å². The van der Waals surface area contributed by atoms with E-state index in [9.17, 15) is 37.1 Å². The van der Waals surface area contributed by atoms with Crippen molar-refractivity contribution in [1.29, 1.82) is 0 Å². The number of carbonyl (C=O) groups is 3. The Bertz CT molecular complexity index is 3220. The summed E-state index contributed by atoms with van der Waals surface area (Å²) in [7, 11) is -1.46. The lowest BCUT2D eigenvalue weighted by Gasteiger charge is -2.41. The molecule has 2 aromatic heterocycles. The Labute approximate surface area is 487 Å². The highest BCUT2D eigenvalue weighted by Crippen LogP contribution is 2.49. The van der Waals surface area contributed by atoms with Gasteiger partial charge in [-0.15, -0.1) is 12.8 Å². The third-order valence-corrected chi connectivity index (χ3v) is 16.2. The second kappa shape index (κ2) is 27.8. The van der Waals surface area contributed by atoms with Crippen molar-refractivity contribution in [3.8, 4) is 36.4 Å². The van der Waals surface area contributed by atoms with Crippen LogP contribution in [0.25, 0.3) is 23.8 Å². The zero-order valence-corrected chi connectivity index (χ0v) is 50.0. The maximum Gasteiger partial charge on any atom is 0.418 e. The van der Waals surface area contributed by atoms with Crippen LogP contribution in [0.2, 0.25) is 25.7 Å². The molecule has 2 aliphatic rings. The number of benzene rings is 2. The van der Waals surface area contributed by atoms with Crippen LogP contribution in [0.3, 0.4) is 0 Å². The molecule has 2 amide bonds. The van der Waals surface area contributed by atoms with Crippen LogP contribution in [0.4, 0.5) is 31.1 Å². The van der Waals surface area contributed by atoms with Crippen molar-refractivity contribution in [1.82, 2.24) is 30.2 Å². The van der Waals surface area contributed by atoms with Crippen molar-refractivity contribution in [2.75, 3.05) is 33.1 Å². The molecule has 0 fully saturated rings. The maximum atomic E-state index is 15.6.